The number of hydrogen-bond donors (Lipinski definition) is 2. The number of thioether (sulfide) groups is 1. The second kappa shape index (κ2) is 10.7. The van der Waals surface area contributed by atoms with E-state index in [0.717, 1.165) is 67.3 Å². The van der Waals surface area contributed by atoms with Gasteiger partial charge in [-0.05, 0) is 57.8 Å². The molecule has 1 amide bonds. The Balaban J connectivity index is 1.19. The van der Waals surface area contributed by atoms with E-state index in [1.807, 2.05) is 12.4 Å². The van der Waals surface area contributed by atoms with Crippen LogP contribution in [-0.2, 0) is 16.0 Å². The molecule has 4 heterocycles. The average molecular weight is 478 g/mol. The van der Waals surface area contributed by atoms with Crippen LogP contribution < -0.4 is 10.6 Å². The molecule has 1 unspecified atom stereocenters. The molecule has 2 saturated heterocycles. The fourth-order valence-electron chi connectivity index (χ4n) is 4.27. The number of nitrogens with one attached hydrogen (secondary N) is 2. The summed E-state index contributed by atoms with van der Waals surface area (Å²) in [6.45, 7) is 11.8. The fraction of sp³-hybridized carbons (Fsp3) is 0.696. The van der Waals surface area contributed by atoms with Gasteiger partial charge >= 0.3 is 0 Å². The summed E-state index contributed by atoms with van der Waals surface area (Å²) < 4.78 is 6.90. The lowest BCUT2D eigenvalue weighted by atomic mass is 9.93. The summed E-state index contributed by atoms with van der Waals surface area (Å²) in [6, 6.07) is 0. The molecule has 2 aliphatic heterocycles. The number of oxazole rings is 1. The summed E-state index contributed by atoms with van der Waals surface area (Å²) in [6.07, 6.45) is 8.10. The molecule has 176 valence electrons. The van der Waals surface area contributed by atoms with Gasteiger partial charge in [0.05, 0.1) is 22.4 Å². The molecule has 7 nitrogen and oxygen atoms in total. The van der Waals surface area contributed by atoms with Crippen molar-refractivity contribution in [3.8, 4) is 0 Å². The van der Waals surface area contributed by atoms with Crippen molar-refractivity contribution >= 4 is 34.1 Å². The third-order valence-corrected chi connectivity index (χ3v) is 8.31. The van der Waals surface area contributed by atoms with Crippen LogP contribution in [0.1, 0.15) is 58.1 Å². The van der Waals surface area contributed by atoms with Gasteiger partial charge in [-0.3, -0.25) is 4.79 Å². The molecule has 0 saturated carbocycles. The van der Waals surface area contributed by atoms with E-state index in [1.54, 1.807) is 11.8 Å². The van der Waals surface area contributed by atoms with Crippen LogP contribution in [0.5, 0.6) is 0 Å². The minimum Gasteiger partial charge on any atom is -0.444 e. The lowest BCUT2D eigenvalue weighted by Gasteiger charge is -2.34. The largest absolute Gasteiger partial charge is 0.444 e. The predicted molar refractivity (Wildman–Crippen MR) is 130 cm³/mol. The Morgan fingerprint density at radius 3 is 2.78 bits per heavy atom. The summed E-state index contributed by atoms with van der Waals surface area (Å²) >= 11 is 3.15. The van der Waals surface area contributed by atoms with Crippen LogP contribution in [-0.4, -0.2) is 53.5 Å². The third kappa shape index (κ3) is 6.56. The summed E-state index contributed by atoms with van der Waals surface area (Å²) in [5.41, 5.74) is -0.0406. The molecular formula is C23H35N5O2S2. The van der Waals surface area contributed by atoms with Crippen LogP contribution in [0.2, 0.25) is 0 Å². The van der Waals surface area contributed by atoms with E-state index in [-0.39, 0.29) is 17.2 Å². The van der Waals surface area contributed by atoms with Crippen LogP contribution in [0, 0.1) is 11.8 Å². The number of carbonyl (C=O) groups excluding carboxylic acids is 1. The van der Waals surface area contributed by atoms with Gasteiger partial charge in [0.2, 0.25) is 11.8 Å². The zero-order chi connectivity index (χ0) is 22.6. The first-order valence-corrected chi connectivity index (χ1v) is 13.4. The molecule has 0 radical (unpaired) electrons. The van der Waals surface area contributed by atoms with Gasteiger partial charge in [-0.2, -0.15) is 0 Å². The summed E-state index contributed by atoms with van der Waals surface area (Å²) in [5.74, 6) is 3.22. The van der Waals surface area contributed by atoms with Crippen molar-refractivity contribution in [3.05, 3.63) is 24.0 Å². The number of anilines is 1. The van der Waals surface area contributed by atoms with Crippen molar-refractivity contribution in [2.75, 3.05) is 38.0 Å². The molecule has 0 aromatic carbocycles. The van der Waals surface area contributed by atoms with Gasteiger partial charge in [0.25, 0.3) is 0 Å². The fourth-order valence-corrected chi connectivity index (χ4v) is 6.00. The molecule has 2 aliphatic rings. The zero-order valence-electron chi connectivity index (χ0n) is 19.4. The van der Waals surface area contributed by atoms with E-state index in [2.05, 4.69) is 46.3 Å². The SMILES string of the molecule is CC(C)(C)c1cnc(CSc2cnc(NC(=O)C3CCN(CC4CCCNC4)CC3)s2)o1. The Labute approximate surface area is 199 Å². The molecule has 2 fully saturated rings. The highest BCUT2D eigenvalue weighted by Gasteiger charge is 2.27. The van der Waals surface area contributed by atoms with Crippen molar-refractivity contribution in [3.63, 3.8) is 0 Å². The monoisotopic (exact) mass is 477 g/mol. The first-order chi connectivity index (χ1) is 15.4. The minimum absolute atomic E-state index is 0.0406. The van der Waals surface area contributed by atoms with Gasteiger partial charge in [0, 0.05) is 17.9 Å². The van der Waals surface area contributed by atoms with Crippen LogP contribution in [0.3, 0.4) is 0 Å². The van der Waals surface area contributed by atoms with Gasteiger partial charge in [-0.1, -0.05) is 32.1 Å². The maximum atomic E-state index is 12.7. The molecule has 9 heteroatoms. The van der Waals surface area contributed by atoms with Gasteiger partial charge in [-0.25, -0.2) is 9.97 Å². The Bertz CT molecular complexity index is 877. The number of aromatic nitrogens is 2. The first-order valence-electron chi connectivity index (χ1n) is 11.6. The number of amides is 1. The Hall–Kier alpha value is -1.42. The molecule has 0 spiro atoms. The van der Waals surface area contributed by atoms with Crippen molar-refractivity contribution < 1.29 is 9.21 Å². The molecule has 0 bridgehead atoms. The molecule has 32 heavy (non-hydrogen) atoms. The zero-order valence-corrected chi connectivity index (χ0v) is 21.0. The normalized spacial score (nSPS) is 21.0. The summed E-state index contributed by atoms with van der Waals surface area (Å²) in [5, 5.41) is 7.21. The van der Waals surface area contributed by atoms with Crippen LogP contribution >= 0.6 is 23.1 Å². The average Bonchev–Trinajstić information content (AvgIpc) is 3.43. The predicted octanol–water partition coefficient (Wildman–Crippen LogP) is 4.37. The second-order valence-electron chi connectivity index (χ2n) is 9.92. The van der Waals surface area contributed by atoms with Crippen LogP contribution in [0.4, 0.5) is 5.13 Å². The number of likely N-dealkylation sites (tertiary alicyclic amines) is 1. The lowest BCUT2D eigenvalue weighted by Crippen LogP contribution is -2.43. The van der Waals surface area contributed by atoms with Crippen LogP contribution in [0.15, 0.2) is 21.0 Å². The molecule has 1 atom stereocenters. The van der Waals surface area contributed by atoms with Gasteiger partial charge in [-0.15, -0.1) is 11.8 Å². The summed E-state index contributed by atoms with van der Waals surface area (Å²) in [7, 11) is 0. The van der Waals surface area contributed by atoms with E-state index in [1.165, 1.54) is 24.2 Å². The Kier molecular flexibility index (Phi) is 7.91. The highest BCUT2D eigenvalue weighted by atomic mass is 32.2. The molecule has 4 rings (SSSR count). The highest BCUT2D eigenvalue weighted by molar-refractivity contribution is 8.00. The van der Waals surface area contributed by atoms with Crippen molar-refractivity contribution in [2.45, 2.75) is 61.8 Å². The van der Waals surface area contributed by atoms with Crippen molar-refractivity contribution in [2.24, 2.45) is 11.8 Å². The molecule has 2 aromatic heterocycles. The third-order valence-electron chi connectivity index (χ3n) is 6.22. The molecule has 2 N–H and O–H groups in total. The van der Waals surface area contributed by atoms with Gasteiger partial charge < -0.3 is 20.0 Å². The van der Waals surface area contributed by atoms with Gasteiger partial charge in [0.15, 0.2) is 5.13 Å². The van der Waals surface area contributed by atoms with E-state index >= 15 is 0 Å². The lowest BCUT2D eigenvalue weighted by molar-refractivity contribution is -0.121. The van der Waals surface area contributed by atoms with Crippen molar-refractivity contribution in [1.29, 1.82) is 0 Å². The summed E-state index contributed by atoms with van der Waals surface area (Å²) in [4.78, 5) is 24.1. The van der Waals surface area contributed by atoms with Gasteiger partial charge in [0.1, 0.15) is 5.76 Å². The smallest absolute Gasteiger partial charge is 0.229 e. The topological polar surface area (TPSA) is 83.3 Å². The van der Waals surface area contributed by atoms with E-state index in [4.69, 9.17) is 4.42 Å². The molecule has 2 aromatic rings. The highest BCUT2D eigenvalue weighted by Crippen LogP contribution is 2.32. The Morgan fingerprint density at radius 2 is 2.09 bits per heavy atom. The second-order valence-corrected chi connectivity index (χ2v) is 12.2. The first kappa shape index (κ1) is 23.7. The molecular weight excluding hydrogens is 442 g/mol. The Morgan fingerprint density at radius 1 is 1.28 bits per heavy atom. The standard InChI is InChI=1S/C23H35N5O2S2/c1-23(2,3)18-12-25-19(30-18)15-31-20-13-26-22(32-20)27-21(29)17-6-9-28(10-7-17)14-16-5-4-8-24-11-16/h12-13,16-17,24H,4-11,14-15H2,1-3H3,(H,26,27,29). The van der Waals surface area contributed by atoms with Crippen molar-refractivity contribution in [1.82, 2.24) is 20.2 Å². The quantitative estimate of drug-likeness (QED) is 0.573. The van der Waals surface area contributed by atoms with E-state index < -0.39 is 0 Å². The molecule has 0 aliphatic carbocycles. The maximum absolute atomic E-state index is 12.7. The number of rotatable bonds is 7. The number of carbonyl (C=O) groups is 1. The maximum Gasteiger partial charge on any atom is 0.229 e. The van der Waals surface area contributed by atoms with Crippen LogP contribution in [0.25, 0.3) is 0 Å². The number of nitrogens with zero attached hydrogens (tertiary/aromatic N) is 3. The number of thiazole rings is 1. The number of hydrogen-bond acceptors (Lipinski definition) is 8. The van der Waals surface area contributed by atoms with E-state index in [9.17, 15) is 4.79 Å². The minimum atomic E-state index is -0.0406. The van der Waals surface area contributed by atoms with E-state index in [0.29, 0.717) is 10.9 Å². The number of piperidine rings is 2.